The summed E-state index contributed by atoms with van der Waals surface area (Å²) in [5, 5.41) is 19.0. The molecule has 2 aliphatic heterocycles. The zero-order chi connectivity index (χ0) is 30.7. The zero-order valence-corrected chi connectivity index (χ0v) is 24.7. The molecule has 0 aliphatic carbocycles. The predicted octanol–water partition coefficient (Wildman–Crippen LogP) is 2.36. The number of benzene rings is 1. The van der Waals surface area contributed by atoms with Gasteiger partial charge in [0.1, 0.15) is 5.75 Å². The molecular weight excluding hydrogens is 556 g/mol. The van der Waals surface area contributed by atoms with Crippen molar-refractivity contribution in [3.63, 3.8) is 0 Å². The molecule has 41 heavy (non-hydrogen) atoms. The average molecular weight is 597 g/mol. The van der Waals surface area contributed by atoms with Gasteiger partial charge in [0.05, 0.1) is 35.5 Å². The quantitative estimate of drug-likeness (QED) is 0.245. The molecule has 2 saturated heterocycles. The number of aliphatic carboxylic acids is 2. The van der Waals surface area contributed by atoms with Crippen LogP contribution in [0.3, 0.4) is 0 Å². The Kier molecular flexibility index (Phi) is 13.4. The highest BCUT2D eigenvalue weighted by Crippen LogP contribution is 2.29. The van der Waals surface area contributed by atoms with Gasteiger partial charge in [-0.1, -0.05) is 25.4 Å². The minimum Gasteiger partial charge on any atom is -0.496 e. The number of likely N-dealkylation sites (tertiary alicyclic amines) is 2. The number of anilines is 1. The molecule has 5 N–H and O–H groups in total. The lowest BCUT2D eigenvalue weighted by molar-refractivity contribution is -0.136. The van der Waals surface area contributed by atoms with Gasteiger partial charge in [-0.3, -0.25) is 9.59 Å². The van der Waals surface area contributed by atoms with Crippen molar-refractivity contribution in [1.29, 1.82) is 0 Å². The summed E-state index contributed by atoms with van der Waals surface area (Å²) in [7, 11) is 3.18. The number of nitrogens with zero attached hydrogens (tertiary/aromatic N) is 2. The standard InChI is InChI=1S/C24H37ClN4O4.C4H4O4/c1-15(2)24(31)29-9-5-16(6-10-29)13-28-8-7-20(22(14-28)33-4)27-23(30)17-11-18(25)19(26)12-21(17)32-3;5-3(6)1-2-4(7)8/h11-12,15-16,20,22H,5-10,13-14,26H2,1-4H3,(H,27,30);1-2H,(H,5,6)(H,7,8)/t20-,22+;/m0./s1. The van der Waals surface area contributed by atoms with Crippen molar-refractivity contribution in [1.82, 2.24) is 15.1 Å². The van der Waals surface area contributed by atoms with Crippen molar-refractivity contribution in [3.05, 3.63) is 34.9 Å². The molecule has 0 unspecified atom stereocenters. The highest BCUT2D eigenvalue weighted by atomic mass is 35.5. The number of nitrogens with two attached hydrogens (primary N) is 1. The molecule has 2 heterocycles. The largest absolute Gasteiger partial charge is 0.496 e. The number of carboxylic acids is 2. The summed E-state index contributed by atoms with van der Waals surface area (Å²) in [5.41, 5.74) is 6.56. The van der Waals surface area contributed by atoms with Gasteiger partial charge < -0.3 is 40.5 Å². The van der Waals surface area contributed by atoms with Gasteiger partial charge in [-0.15, -0.1) is 0 Å². The minimum absolute atomic E-state index is 0.0579. The molecule has 0 saturated carbocycles. The molecule has 2 amide bonds. The number of carbonyl (C=O) groups is 4. The fourth-order valence-corrected chi connectivity index (χ4v) is 5.08. The molecule has 3 rings (SSSR count). The summed E-state index contributed by atoms with van der Waals surface area (Å²) >= 11 is 6.13. The third-order valence-electron chi connectivity index (χ3n) is 7.13. The van der Waals surface area contributed by atoms with Crippen LogP contribution in [0.2, 0.25) is 5.02 Å². The number of carbonyl (C=O) groups excluding carboxylic acids is 2. The molecule has 13 heteroatoms. The molecule has 2 fully saturated rings. The number of nitrogen functional groups attached to an aromatic ring is 1. The van der Waals surface area contributed by atoms with Crippen molar-refractivity contribution in [2.45, 2.75) is 45.3 Å². The fraction of sp³-hybridized carbons (Fsp3) is 0.571. The van der Waals surface area contributed by atoms with Crippen molar-refractivity contribution in [3.8, 4) is 5.75 Å². The van der Waals surface area contributed by atoms with Gasteiger partial charge in [-0.2, -0.15) is 0 Å². The SMILES string of the molecule is COc1cc(N)c(Cl)cc1C(=O)N[C@H]1CCN(CC2CCN(C(=O)C(C)C)CC2)C[C@H]1OC.O=C(O)C=CC(=O)O. The van der Waals surface area contributed by atoms with Crippen molar-refractivity contribution in [2.24, 2.45) is 11.8 Å². The maximum absolute atomic E-state index is 13.0. The van der Waals surface area contributed by atoms with Gasteiger partial charge in [0, 0.05) is 64.0 Å². The molecule has 12 nitrogen and oxygen atoms in total. The number of rotatable bonds is 9. The molecule has 0 bridgehead atoms. The third-order valence-corrected chi connectivity index (χ3v) is 7.46. The summed E-state index contributed by atoms with van der Waals surface area (Å²) in [5.74, 6) is -1.49. The van der Waals surface area contributed by atoms with E-state index >= 15 is 0 Å². The number of hydrogen-bond donors (Lipinski definition) is 4. The van der Waals surface area contributed by atoms with E-state index in [1.54, 1.807) is 19.2 Å². The van der Waals surface area contributed by atoms with E-state index in [2.05, 4.69) is 10.2 Å². The number of ether oxygens (including phenoxy) is 2. The first-order valence-corrected chi connectivity index (χ1v) is 13.9. The molecule has 1 aromatic carbocycles. The lowest BCUT2D eigenvalue weighted by Gasteiger charge is -2.41. The van der Waals surface area contributed by atoms with E-state index in [1.807, 2.05) is 18.7 Å². The van der Waals surface area contributed by atoms with Gasteiger partial charge >= 0.3 is 11.9 Å². The van der Waals surface area contributed by atoms with E-state index in [1.165, 1.54) is 7.11 Å². The van der Waals surface area contributed by atoms with Gasteiger partial charge in [-0.05, 0) is 31.2 Å². The van der Waals surface area contributed by atoms with Crippen LogP contribution in [0.25, 0.3) is 0 Å². The Morgan fingerprint density at radius 3 is 2.20 bits per heavy atom. The number of hydrogen-bond acceptors (Lipinski definition) is 8. The Bertz CT molecular complexity index is 1090. The number of halogens is 1. The van der Waals surface area contributed by atoms with Gasteiger partial charge in [0.25, 0.3) is 5.91 Å². The van der Waals surface area contributed by atoms with Crippen molar-refractivity contribution >= 4 is 41.0 Å². The van der Waals surface area contributed by atoms with Crippen LogP contribution in [0.1, 0.15) is 43.5 Å². The lowest BCUT2D eigenvalue weighted by Crippen LogP contribution is -2.55. The van der Waals surface area contributed by atoms with E-state index < -0.39 is 11.9 Å². The van der Waals surface area contributed by atoms with Crippen LogP contribution in [0, 0.1) is 11.8 Å². The Morgan fingerprint density at radius 1 is 1.07 bits per heavy atom. The fourth-order valence-electron chi connectivity index (χ4n) is 4.92. The highest BCUT2D eigenvalue weighted by molar-refractivity contribution is 6.33. The minimum atomic E-state index is -1.26. The first kappa shape index (κ1) is 33.9. The molecular formula is C28H41ClN4O8. The van der Waals surface area contributed by atoms with Crippen LogP contribution in [0.15, 0.2) is 24.3 Å². The van der Waals surface area contributed by atoms with E-state index in [9.17, 15) is 19.2 Å². The first-order valence-electron chi connectivity index (χ1n) is 13.5. The molecule has 2 aliphatic rings. The number of methoxy groups -OCH3 is 2. The number of amides is 2. The molecule has 228 valence electrons. The predicted molar refractivity (Wildman–Crippen MR) is 154 cm³/mol. The van der Waals surface area contributed by atoms with Gasteiger partial charge in [0.2, 0.25) is 5.91 Å². The smallest absolute Gasteiger partial charge is 0.328 e. The van der Waals surface area contributed by atoms with Crippen LogP contribution in [-0.4, -0.2) is 103 Å². The van der Waals surface area contributed by atoms with Gasteiger partial charge in [0.15, 0.2) is 0 Å². The Morgan fingerprint density at radius 2 is 1.68 bits per heavy atom. The highest BCUT2D eigenvalue weighted by Gasteiger charge is 2.33. The van der Waals surface area contributed by atoms with Crippen molar-refractivity contribution < 1.29 is 38.9 Å². The van der Waals surface area contributed by atoms with Crippen molar-refractivity contribution in [2.75, 3.05) is 52.7 Å². The van der Waals surface area contributed by atoms with E-state index in [4.69, 9.17) is 37.0 Å². The van der Waals surface area contributed by atoms with Gasteiger partial charge in [-0.25, -0.2) is 9.59 Å². The number of piperidine rings is 2. The lowest BCUT2D eigenvalue weighted by atomic mass is 9.93. The second-order valence-electron chi connectivity index (χ2n) is 10.4. The molecule has 0 spiro atoms. The van der Waals surface area contributed by atoms with Crippen LogP contribution in [0.5, 0.6) is 5.75 Å². The number of carboxylic acid groups (broad SMARTS) is 2. The topological polar surface area (TPSA) is 172 Å². The van der Waals surface area contributed by atoms with Crippen LogP contribution in [-0.2, 0) is 19.1 Å². The zero-order valence-electron chi connectivity index (χ0n) is 24.0. The Labute approximate surface area is 245 Å². The Hall–Kier alpha value is -3.35. The maximum Gasteiger partial charge on any atom is 0.328 e. The summed E-state index contributed by atoms with van der Waals surface area (Å²) < 4.78 is 11.1. The summed E-state index contributed by atoms with van der Waals surface area (Å²) in [6, 6.07) is 3.00. The summed E-state index contributed by atoms with van der Waals surface area (Å²) in [6.45, 7) is 8.23. The molecule has 0 radical (unpaired) electrons. The Balaban J connectivity index is 0.000000642. The normalized spacial score (nSPS) is 19.9. The van der Waals surface area contributed by atoms with Crippen LogP contribution in [0.4, 0.5) is 5.69 Å². The summed E-state index contributed by atoms with van der Waals surface area (Å²) in [4.78, 5) is 48.7. The summed E-state index contributed by atoms with van der Waals surface area (Å²) in [6.07, 6.45) is 3.86. The maximum atomic E-state index is 13.0. The van der Waals surface area contributed by atoms with E-state index in [0.29, 0.717) is 40.1 Å². The third kappa shape index (κ3) is 10.5. The molecule has 0 aromatic heterocycles. The van der Waals surface area contributed by atoms with Crippen LogP contribution < -0.4 is 15.8 Å². The first-order chi connectivity index (χ1) is 19.4. The number of nitrogens with one attached hydrogen (secondary N) is 1. The molecule has 1 aromatic rings. The second kappa shape index (κ2) is 16.2. The van der Waals surface area contributed by atoms with E-state index in [0.717, 1.165) is 52.0 Å². The molecule has 2 atom stereocenters. The van der Waals surface area contributed by atoms with Crippen LogP contribution >= 0.6 is 11.6 Å². The average Bonchev–Trinajstić information content (AvgIpc) is 2.94. The second-order valence-corrected chi connectivity index (χ2v) is 10.8. The van der Waals surface area contributed by atoms with E-state index in [-0.39, 0.29) is 29.9 Å². The monoisotopic (exact) mass is 596 g/mol.